The van der Waals surface area contributed by atoms with Gasteiger partial charge in [-0.1, -0.05) is 11.6 Å². The average Bonchev–Trinajstić information content (AvgIpc) is 2.93. The molecule has 1 unspecified atom stereocenters. The third-order valence-corrected chi connectivity index (χ3v) is 4.21. The fourth-order valence-corrected chi connectivity index (χ4v) is 2.97. The van der Waals surface area contributed by atoms with E-state index in [4.69, 9.17) is 11.6 Å². The Morgan fingerprint density at radius 2 is 2.22 bits per heavy atom. The van der Waals surface area contributed by atoms with Crippen molar-refractivity contribution in [2.45, 2.75) is 32.4 Å². The number of nitrogens with zero attached hydrogens (tertiary/aromatic N) is 3. The van der Waals surface area contributed by atoms with E-state index in [1.165, 1.54) is 0 Å². The van der Waals surface area contributed by atoms with Gasteiger partial charge in [0.1, 0.15) is 5.82 Å². The van der Waals surface area contributed by atoms with Crippen LogP contribution >= 0.6 is 11.6 Å². The van der Waals surface area contributed by atoms with Crippen LogP contribution in [0.4, 0.5) is 0 Å². The zero-order valence-electron chi connectivity index (χ0n) is 13.1. The summed E-state index contributed by atoms with van der Waals surface area (Å²) < 4.78 is 0. The van der Waals surface area contributed by atoms with E-state index in [2.05, 4.69) is 25.4 Å². The molecule has 0 saturated carbocycles. The van der Waals surface area contributed by atoms with Gasteiger partial charge >= 0.3 is 0 Å². The largest absolute Gasteiger partial charge is 0.348 e. The topological polar surface area (TPSA) is 73.9 Å². The standard InChI is InChI=1S/C16H20ClN5O/c1-11-18-15(21-20-11)10-22-8-2-3-14(9-22)19-16(23)12-4-6-13(17)7-5-12/h4-7,14H,2-3,8-10H2,1H3,(H,19,23)(H,18,20,21). The predicted molar refractivity (Wildman–Crippen MR) is 88.3 cm³/mol. The summed E-state index contributed by atoms with van der Waals surface area (Å²) in [5.74, 6) is 1.57. The average molecular weight is 334 g/mol. The fourth-order valence-electron chi connectivity index (χ4n) is 2.85. The fraction of sp³-hybridized carbons (Fsp3) is 0.438. The Morgan fingerprint density at radius 3 is 2.91 bits per heavy atom. The summed E-state index contributed by atoms with van der Waals surface area (Å²) in [6.45, 7) is 4.41. The van der Waals surface area contributed by atoms with Gasteiger partial charge in [-0.3, -0.25) is 14.8 Å². The summed E-state index contributed by atoms with van der Waals surface area (Å²) in [7, 11) is 0. The van der Waals surface area contributed by atoms with Crippen molar-refractivity contribution in [1.82, 2.24) is 25.4 Å². The molecule has 0 radical (unpaired) electrons. The van der Waals surface area contributed by atoms with E-state index >= 15 is 0 Å². The first kappa shape index (κ1) is 16.0. The maximum atomic E-state index is 12.3. The van der Waals surface area contributed by atoms with Crippen LogP contribution in [-0.2, 0) is 6.54 Å². The highest BCUT2D eigenvalue weighted by atomic mass is 35.5. The highest BCUT2D eigenvalue weighted by molar-refractivity contribution is 6.30. The molecule has 122 valence electrons. The van der Waals surface area contributed by atoms with E-state index in [-0.39, 0.29) is 11.9 Å². The molecular formula is C16H20ClN5O. The smallest absolute Gasteiger partial charge is 0.251 e. The molecule has 1 aromatic heterocycles. The first-order chi connectivity index (χ1) is 11.1. The minimum absolute atomic E-state index is 0.0535. The van der Waals surface area contributed by atoms with Gasteiger partial charge in [-0.2, -0.15) is 5.10 Å². The number of carbonyl (C=O) groups is 1. The van der Waals surface area contributed by atoms with Crippen LogP contribution in [-0.4, -0.2) is 45.1 Å². The highest BCUT2D eigenvalue weighted by Crippen LogP contribution is 2.14. The SMILES string of the molecule is Cc1nc(CN2CCCC(NC(=O)c3ccc(Cl)cc3)C2)n[nH]1. The number of nitrogens with one attached hydrogen (secondary N) is 2. The number of carbonyl (C=O) groups excluding carboxylic acids is 1. The molecule has 1 fully saturated rings. The third-order valence-electron chi connectivity index (χ3n) is 3.96. The summed E-state index contributed by atoms with van der Waals surface area (Å²) in [5.41, 5.74) is 0.635. The molecule has 2 heterocycles. The maximum absolute atomic E-state index is 12.3. The quantitative estimate of drug-likeness (QED) is 0.899. The Morgan fingerprint density at radius 1 is 1.43 bits per heavy atom. The molecule has 1 aliphatic heterocycles. The molecular weight excluding hydrogens is 314 g/mol. The number of benzene rings is 1. The zero-order chi connectivity index (χ0) is 16.2. The van der Waals surface area contributed by atoms with Crippen LogP contribution < -0.4 is 5.32 Å². The molecule has 7 heteroatoms. The molecule has 1 aliphatic rings. The third kappa shape index (κ3) is 4.30. The minimum atomic E-state index is -0.0535. The Labute approximate surface area is 140 Å². The summed E-state index contributed by atoms with van der Waals surface area (Å²) in [6, 6.07) is 7.10. The van der Waals surface area contributed by atoms with Crippen LogP contribution in [0.5, 0.6) is 0 Å². The van der Waals surface area contributed by atoms with E-state index in [0.29, 0.717) is 17.1 Å². The number of likely N-dealkylation sites (tertiary alicyclic amines) is 1. The Hall–Kier alpha value is -1.92. The van der Waals surface area contributed by atoms with E-state index in [0.717, 1.165) is 37.6 Å². The molecule has 0 spiro atoms. The van der Waals surface area contributed by atoms with Gasteiger partial charge in [0, 0.05) is 23.2 Å². The summed E-state index contributed by atoms with van der Waals surface area (Å²) in [6.07, 6.45) is 2.04. The normalized spacial score (nSPS) is 18.8. The molecule has 0 bridgehead atoms. The van der Waals surface area contributed by atoms with Crippen LogP contribution in [0.3, 0.4) is 0 Å². The van der Waals surface area contributed by atoms with Gasteiger partial charge in [-0.15, -0.1) is 0 Å². The number of H-pyrrole nitrogens is 1. The van der Waals surface area contributed by atoms with Gasteiger partial charge in [0.2, 0.25) is 0 Å². The second kappa shape index (κ2) is 7.10. The Kier molecular flexibility index (Phi) is 4.93. The molecule has 1 amide bonds. The van der Waals surface area contributed by atoms with Crippen LogP contribution in [0.15, 0.2) is 24.3 Å². The monoisotopic (exact) mass is 333 g/mol. The lowest BCUT2D eigenvalue weighted by Crippen LogP contribution is -2.47. The second-order valence-corrected chi connectivity index (χ2v) is 6.33. The molecule has 1 saturated heterocycles. The molecule has 1 atom stereocenters. The molecule has 0 aliphatic carbocycles. The van der Waals surface area contributed by atoms with Crippen LogP contribution in [0, 0.1) is 6.92 Å². The van der Waals surface area contributed by atoms with Crippen molar-refractivity contribution in [2.75, 3.05) is 13.1 Å². The first-order valence-electron chi connectivity index (χ1n) is 7.77. The molecule has 3 rings (SSSR count). The number of hydrogen-bond acceptors (Lipinski definition) is 4. The minimum Gasteiger partial charge on any atom is -0.348 e. The second-order valence-electron chi connectivity index (χ2n) is 5.89. The molecule has 23 heavy (non-hydrogen) atoms. The van der Waals surface area contributed by atoms with Crippen molar-refractivity contribution >= 4 is 17.5 Å². The van der Waals surface area contributed by atoms with Gasteiger partial charge in [0.25, 0.3) is 5.91 Å². The summed E-state index contributed by atoms with van der Waals surface area (Å²) >= 11 is 5.85. The predicted octanol–water partition coefficient (Wildman–Crippen LogP) is 2.16. The van der Waals surface area contributed by atoms with Crippen molar-refractivity contribution in [3.63, 3.8) is 0 Å². The van der Waals surface area contributed by atoms with Gasteiger partial charge in [-0.25, -0.2) is 4.98 Å². The number of amides is 1. The molecule has 1 aromatic carbocycles. The van der Waals surface area contributed by atoms with Crippen molar-refractivity contribution in [2.24, 2.45) is 0 Å². The van der Waals surface area contributed by atoms with E-state index in [1.54, 1.807) is 24.3 Å². The molecule has 2 aromatic rings. The van der Waals surface area contributed by atoms with Crippen molar-refractivity contribution in [3.05, 3.63) is 46.5 Å². The zero-order valence-corrected chi connectivity index (χ0v) is 13.8. The van der Waals surface area contributed by atoms with Crippen LogP contribution in [0.1, 0.15) is 34.8 Å². The van der Waals surface area contributed by atoms with E-state index < -0.39 is 0 Å². The maximum Gasteiger partial charge on any atom is 0.251 e. The number of aromatic amines is 1. The number of halogens is 1. The number of piperidine rings is 1. The van der Waals surface area contributed by atoms with Gasteiger partial charge in [0.15, 0.2) is 5.82 Å². The van der Waals surface area contributed by atoms with Crippen molar-refractivity contribution in [3.8, 4) is 0 Å². The first-order valence-corrected chi connectivity index (χ1v) is 8.14. The number of aryl methyl sites for hydroxylation is 1. The number of aromatic nitrogens is 3. The van der Waals surface area contributed by atoms with Crippen LogP contribution in [0.25, 0.3) is 0 Å². The van der Waals surface area contributed by atoms with Crippen molar-refractivity contribution in [1.29, 1.82) is 0 Å². The van der Waals surface area contributed by atoms with E-state index in [1.807, 2.05) is 6.92 Å². The lowest BCUT2D eigenvalue weighted by Gasteiger charge is -2.32. The van der Waals surface area contributed by atoms with Gasteiger partial charge in [-0.05, 0) is 50.6 Å². The highest BCUT2D eigenvalue weighted by Gasteiger charge is 2.22. The summed E-state index contributed by atoms with van der Waals surface area (Å²) in [5, 5.41) is 10.8. The Bertz CT molecular complexity index is 669. The lowest BCUT2D eigenvalue weighted by molar-refractivity contribution is 0.0899. The number of rotatable bonds is 4. The Balaban J connectivity index is 1.55. The molecule has 6 nitrogen and oxygen atoms in total. The van der Waals surface area contributed by atoms with Crippen LogP contribution in [0.2, 0.25) is 5.02 Å². The summed E-state index contributed by atoms with van der Waals surface area (Å²) in [4.78, 5) is 18.9. The van der Waals surface area contributed by atoms with E-state index in [9.17, 15) is 4.79 Å². The number of hydrogen-bond donors (Lipinski definition) is 2. The van der Waals surface area contributed by atoms with Crippen molar-refractivity contribution < 1.29 is 4.79 Å². The van der Waals surface area contributed by atoms with Gasteiger partial charge in [0.05, 0.1) is 6.54 Å². The lowest BCUT2D eigenvalue weighted by atomic mass is 10.0. The van der Waals surface area contributed by atoms with Gasteiger partial charge < -0.3 is 5.32 Å². The molecule has 2 N–H and O–H groups in total.